The second-order valence-electron chi connectivity index (χ2n) is 4.16. The molecule has 0 unspecified atom stereocenters. The van der Waals surface area contributed by atoms with Crippen LogP contribution in [0.4, 0.5) is 5.69 Å². The van der Waals surface area contributed by atoms with Gasteiger partial charge >= 0.3 is 5.97 Å². The van der Waals surface area contributed by atoms with Gasteiger partial charge in [0, 0.05) is 17.8 Å². The van der Waals surface area contributed by atoms with Crippen molar-refractivity contribution in [1.29, 1.82) is 0 Å². The summed E-state index contributed by atoms with van der Waals surface area (Å²) in [6.45, 7) is 4.26. The second kappa shape index (κ2) is 5.32. The Balaban J connectivity index is 2.13. The molecule has 0 aliphatic heterocycles. The minimum absolute atomic E-state index is 0.0876. The molecule has 1 aromatic heterocycles. The fraction of sp³-hybridized carbons (Fsp3) is 0.231. The third kappa shape index (κ3) is 2.88. The average molecular weight is 281 g/mol. The topological polar surface area (TPSA) is 75.4 Å². The highest BCUT2D eigenvalue weighted by Gasteiger charge is 2.11. The fourth-order valence-electron chi connectivity index (χ4n) is 1.74. The van der Waals surface area contributed by atoms with E-state index < -0.39 is 5.97 Å². The zero-order valence-electron chi connectivity index (χ0n) is 10.5. The molecule has 5 nitrogen and oxygen atoms in total. The van der Waals surface area contributed by atoms with Crippen LogP contribution >= 0.6 is 11.6 Å². The number of nitrogens with one attached hydrogen (secondary N) is 1. The predicted molar refractivity (Wildman–Crippen MR) is 71.7 cm³/mol. The Bertz CT molecular complexity index is 603. The van der Waals surface area contributed by atoms with Crippen LogP contribution in [0.5, 0.6) is 0 Å². The summed E-state index contributed by atoms with van der Waals surface area (Å²) in [7, 11) is 0. The molecule has 0 atom stereocenters. The molecule has 0 fully saturated rings. The summed E-state index contributed by atoms with van der Waals surface area (Å²) in [6.07, 6.45) is 0. The van der Waals surface area contributed by atoms with E-state index in [1.165, 1.54) is 6.07 Å². The maximum Gasteiger partial charge on any atom is 0.337 e. The number of carboxylic acid groups (broad SMARTS) is 1. The summed E-state index contributed by atoms with van der Waals surface area (Å²) in [6, 6.07) is 4.73. The van der Waals surface area contributed by atoms with Gasteiger partial charge in [0.25, 0.3) is 0 Å². The molecule has 0 saturated carbocycles. The lowest BCUT2D eigenvalue weighted by molar-refractivity contribution is 0.0697. The van der Waals surface area contributed by atoms with E-state index in [9.17, 15) is 4.79 Å². The summed E-state index contributed by atoms with van der Waals surface area (Å²) in [5, 5.41) is 16.1. The van der Waals surface area contributed by atoms with Gasteiger partial charge in [0.15, 0.2) is 0 Å². The highest BCUT2D eigenvalue weighted by atomic mass is 35.5. The first-order valence-electron chi connectivity index (χ1n) is 5.67. The first-order chi connectivity index (χ1) is 8.99. The summed E-state index contributed by atoms with van der Waals surface area (Å²) in [4.78, 5) is 10.8. The van der Waals surface area contributed by atoms with Crippen molar-refractivity contribution in [2.45, 2.75) is 20.4 Å². The lowest BCUT2D eigenvalue weighted by Crippen LogP contribution is -2.03. The van der Waals surface area contributed by atoms with Gasteiger partial charge in [0.1, 0.15) is 5.76 Å². The van der Waals surface area contributed by atoms with Crippen molar-refractivity contribution in [3.05, 3.63) is 45.8 Å². The first kappa shape index (κ1) is 13.4. The number of hydrogen-bond acceptors (Lipinski definition) is 4. The molecule has 100 valence electrons. The number of aryl methyl sites for hydroxylation is 2. The van der Waals surface area contributed by atoms with E-state index in [-0.39, 0.29) is 10.6 Å². The molecule has 0 radical (unpaired) electrons. The number of carbonyl (C=O) groups is 1. The Labute approximate surface area is 115 Å². The van der Waals surface area contributed by atoms with Crippen LogP contribution in [0.25, 0.3) is 0 Å². The third-order valence-corrected chi connectivity index (χ3v) is 3.16. The Morgan fingerprint density at radius 1 is 1.47 bits per heavy atom. The minimum Gasteiger partial charge on any atom is -0.478 e. The predicted octanol–water partition coefficient (Wildman–Crippen LogP) is 3.26. The molecule has 2 aromatic rings. The molecule has 19 heavy (non-hydrogen) atoms. The molecule has 0 amide bonds. The Morgan fingerprint density at radius 2 is 2.21 bits per heavy atom. The number of aromatic nitrogens is 1. The SMILES string of the molecule is Cc1noc(C)c1CNc1ccc(C(=O)O)c(Cl)c1. The minimum atomic E-state index is -1.04. The Hall–Kier alpha value is -2.01. The van der Waals surface area contributed by atoms with Crippen molar-refractivity contribution in [1.82, 2.24) is 5.16 Å². The van der Waals surface area contributed by atoms with Gasteiger partial charge in [-0.15, -0.1) is 0 Å². The number of hydrogen-bond donors (Lipinski definition) is 2. The zero-order chi connectivity index (χ0) is 14.0. The number of anilines is 1. The van der Waals surface area contributed by atoms with Crippen molar-refractivity contribution in [3.63, 3.8) is 0 Å². The maximum atomic E-state index is 10.8. The van der Waals surface area contributed by atoms with Crippen molar-refractivity contribution in [2.24, 2.45) is 0 Å². The van der Waals surface area contributed by atoms with E-state index in [1.54, 1.807) is 12.1 Å². The smallest absolute Gasteiger partial charge is 0.337 e. The molecule has 2 N–H and O–H groups in total. The van der Waals surface area contributed by atoms with E-state index >= 15 is 0 Å². The van der Waals surface area contributed by atoms with Crippen molar-refractivity contribution < 1.29 is 14.4 Å². The molecule has 1 aromatic carbocycles. The van der Waals surface area contributed by atoms with Gasteiger partial charge in [-0.3, -0.25) is 0 Å². The first-order valence-corrected chi connectivity index (χ1v) is 6.05. The summed E-state index contributed by atoms with van der Waals surface area (Å²) < 4.78 is 5.06. The van der Waals surface area contributed by atoms with Crippen LogP contribution in [0, 0.1) is 13.8 Å². The van der Waals surface area contributed by atoms with E-state index in [0.717, 1.165) is 22.7 Å². The average Bonchev–Trinajstić information content (AvgIpc) is 2.66. The highest BCUT2D eigenvalue weighted by molar-refractivity contribution is 6.33. The van der Waals surface area contributed by atoms with Crippen LogP contribution in [0.15, 0.2) is 22.7 Å². The molecule has 1 heterocycles. The number of aromatic carboxylic acids is 1. The van der Waals surface area contributed by atoms with E-state index in [1.807, 2.05) is 13.8 Å². The van der Waals surface area contributed by atoms with Crippen LogP contribution in [-0.4, -0.2) is 16.2 Å². The van der Waals surface area contributed by atoms with E-state index in [2.05, 4.69) is 10.5 Å². The highest BCUT2D eigenvalue weighted by Crippen LogP contribution is 2.22. The van der Waals surface area contributed by atoms with Gasteiger partial charge in [-0.25, -0.2) is 4.79 Å². The van der Waals surface area contributed by atoms with Crippen LogP contribution in [0.3, 0.4) is 0 Å². The number of carboxylic acids is 1. The maximum absolute atomic E-state index is 10.8. The molecule has 0 saturated heterocycles. The quantitative estimate of drug-likeness (QED) is 0.899. The van der Waals surface area contributed by atoms with Crippen molar-refractivity contribution in [3.8, 4) is 0 Å². The molecule has 2 rings (SSSR count). The van der Waals surface area contributed by atoms with Gasteiger partial charge in [0.2, 0.25) is 0 Å². The van der Waals surface area contributed by atoms with Crippen LogP contribution in [0.2, 0.25) is 5.02 Å². The van der Waals surface area contributed by atoms with E-state index in [0.29, 0.717) is 6.54 Å². The lowest BCUT2D eigenvalue weighted by atomic mass is 10.2. The summed E-state index contributed by atoms with van der Waals surface area (Å²) in [5.41, 5.74) is 2.65. The normalized spacial score (nSPS) is 10.5. The molecule has 6 heteroatoms. The van der Waals surface area contributed by atoms with Gasteiger partial charge in [0.05, 0.1) is 16.3 Å². The number of nitrogens with zero attached hydrogens (tertiary/aromatic N) is 1. The standard InChI is InChI=1S/C13H13ClN2O3/c1-7-11(8(2)19-16-7)6-15-9-3-4-10(13(17)18)12(14)5-9/h3-5,15H,6H2,1-2H3,(H,17,18). The Kier molecular flexibility index (Phi) is 3.76. The Morgan fingerprint density at radius 3 is 2.74 bits per heavy atom. The summed E-state index contributed by atoms with van der Waals surface area (Å²) in [5.74, 6) is -0.277. The van der Waals surface area contributed by atoms with Crippen LogP contribution in [-0.2, 0) is 6.54 Å². The lowest BCUT2D eigenvalue weighted by Gasteiger charge is -2.07. The van der Waals surface area contributed by atoms with Crippen LogP contribution < -0.4 is 5.32 Å². The van der Waals surface area contributed by atoms with Gasteiger partial charge in [-0.1, -0.05) is 16.8 Å². The van der Waals surface area contributed by atoms with Gasteiger partial charge < -0.3 is 14.9 Å². The largest absolute Gasteiger partial charge is 0.478 e. The summed E-state index contributed by atoms with van der Waals surface area (Å²) >= 11 is 5.90. The number of rotatable bonds is 4. The number of benzene rings is 1. The molecule has 0 aliphatic rings. The van der Waals surface area contributed by atoms with E-state index in [4.69, 9.17) is 21.2 Å². The van der Waals surface area contributed by atoms with Gasteiger partial charge in [-0.05, 0) is 32.0 Å². The molecule has 0 aliphatic carbocycles. The second-order valence-corrected chi connectivity index (χ2v) is 4.56. The van der Waals surface area contributed by atoms with Crippen LogP contribution in [0.1, 0.15) is 27.4 Å². The third-order valence-electron chi connectivity index (χ3n) is 2.85. The van der Waals surface area contributed by atoms with Crippen molar-refractivity contribution >= 4 is 23.3 Å². The molecular weight excluding hydrogens is 268 g/mol. The fourth-order valence-corrected chi connectivity index (χ4v) is 2.00. The molecular formula is C13H13ClN2O3. The molecule has 0 bridgehead atoms. The monoisotopic (exact) mass is 280 g/mol. The molecule has 0 spiro atoms. The zero-order valence-corrected chi connectivity index (χ0v) is 11.3. The van der Waals surface area contributed by atoms with Gasteiger partial charge in [-0.2, -0.15) is 0 Å². The van der Waals surface area contributed by atoms with Crippen molar-refractivity contribution in [2.75, 3.05) is 5.32 Å². The number of halogens is 1.